The van der Waals surface area contributed by atoms with Gasteiger partial charge in [-0.2, -0.15) is 4.98 Å². The highest BCUT2D eigenvalue weighted by Gasteiger charge is 2.10. The van der Waals surface area contributed by atoms with Crippen LogP contribution in [0.25, 0.3) is 0 Å². The number of phenols is 1. The van der Waals surface area contributed by atoms with Crippen LogP contribution < -0.4 is 10.1 Å². The van der Waals surface area contributed by atoms with Gasteiger partial charge in [0.15, 0.2) is 17.3 Å². The van der Waals surface area contributed by atoms with E-state index in [4.69, 9.17) is 20.9 Å². The van der Waals surface area contributed by atoms with E-state index in [-0.39, 0.29) is 5.75 Å². The summed E-state index contributed by atoms with van der Waals surface area (Å²) in [6, 6.07) is 3.23. The Morgan fingerprint density at radius 2 is 2.21 bits per heavy atom. The maximum absolute atomic E-state index is 9.94. The molecule has 0 radical (unpaired) electrons. The number of nitrogens with zero attached hydrogens (tertiary/aromatic N) is 2. The van der Waals surface area contributed by atoms with Crippen LogP contribution in [-0.2, 0) is 13.1 Å². The summed E-state index contributed by atoms with van der Waals surface area (Å²) < 4.78 is 9.89. The molecule has 1 heterocycles. The number of halogens is 1. The third-order valence-electron chi connectivity index (χ3n) is 2.51. The Morgan fingerprint density at radius 1 is 1.42 bits per heavy atom. The molecule has 0 saturated carbocycles. The van der Waals surface area contributed by atoms with Crippen LogP contribution in [0.15, 0.2) is 16.7 Å². The Morgan fingerprint density at radius 3 is 2.84 bits per heavy atom. The van der Waals surface area contributed by atoms with Gasteiger partial charge in [-0.15, -0.1) is 0 Å². The fourth-order valence-electron chi connectivity index (χ4n) is 1.64. The minimum atomic E-state index is 0.0729. The number of hydrogen-bond acceptors (Lipinski definition) is 6. The van der Waals surface area contributed by atoms with E-state index in [1.54, 1.807) is 19.1 Å². The second-order valence-electron chi connectivity index (χ2n) is 3.95. The quantitative estimate of drug-likeness (QED) is 0.874. The summed E-state index contributed by atoms with van der Waals surface area (Å²) in [5.74, 6) is 1.50. The molecule has 0 atom stereocenters. The molecule has 0 amide bonds. The standard InChI is InChI=1S/C12H14ClN3O3/c1-7-15-11(16-19-7)6-14-5-8-3-9(13)4-10(18-2)12(8)17/h3-4,14,17H,5-6H2,1-2H3. The lowest BCUT2D eigenvalue weighted by Gasteiger charge is -2.10. The molecule has 0 aliphatic carbocycles. The molecule has 2 aromatic rings. The Bertz CT molecular complexity index is 571. The largest absolute Gasteiger partial charge is 0.504 e. The summed E-state index contributed by atoms with van der Waals surface area (Å²) in [6.45, 7) is 2.58. The predicted molar refractivity (Wildman–Crippen MR) is 69.2 cm³/mol. The first kappa shape index (κ1) is 13.6. The number of benzene rings is 1. The SMILES string of the molecule is COc1cc(Cl)cc(CNCc2noc(C)n2)c1O. The number of phenolic OH excluding ortho intramolecular Hbond substituents is 1. The lowest BCUT2D eigenvalue weighted by atomic mass is 10.2. The van der Waals surface area contributed by atoms with Gasteiger partial charge in [-0.1, -0.05) is 16.8 Å². The first-order valence-electron chi connectivity index (χ1n) is 5.65. The zero-order chi connectivity index (χ0) is 13.8. The van der Waals surface area contributed by atoms with Crippen LogP contribution in [0.3, 0.4) is 0 Å². The predicted octanol–water partition coefficient (Wildman–Crippen LogP) is 2.04. The number of ether oxygens (including phenoxy) is 1. The van der Waals surface area contributed by atoms with Crippen molar-refractivity contribution >= 4 is 11.6 Å². The molecular weight excluding hydrogens is 270 g/mol. The van der Waals surface area contributed by atoms with E-state index in [2.05, 4.69) is 15.5 Å². The minimum absolute atomic E-state index is 0.0729. The molecule has 1 aromatic carbocycles. The van der Waals surface area contributed by atoms with Crippen LogP contribution in [0.2, 0.25) is 5.02 Å². The van der Waals surface area contributed by atoms with Crippen molar-refractivity contribution in [2.75, 3.05) is 7.11 Å². The Kier molecular flexibility index (Phi) is 4.24. The Hall–Kier alpha value is -1.79. The molecule has 1 aromatic heterocycles. The van der Waals surface area contributed by atoms with E-state index in [0.29, 0.717) is 41.1 Å². The van der Waals surface area contributed by atoms with E-state index >= 15 is 0 Å². The number of nitrogens with one attached hydrogen (secondary N) is 1. The molecule has 0 bridgehead atoms. The maximum atomic E-state index is 9.94. The third kappa shape index (κ3) is 3.36. The summed E-state index contributed by atoms with van der Waals surface area (Å²) in [5, 5.41) is 17.3. The molecule has 7 heteroatoms. The first-order chi connectivity index (χ1) is 9.10. The van der Waals surface area contributed by atoms with Gasteiger partial charge in [0.2, 0.25) is 5.89 Å². The van der Waals surface area contributed by atoms with Gasteiger partial charge in [-0.3, -0.25) is 0 Å². The average molecular weight is 284 g/mol. The first-order valence-corrected chi connectivity index (χ1v) is 6.03. The number of hydrogen-bond donors (Lipinski definition) is 2. The second-order valence-corrected chi connectivity index (χ2v) is 4.39. The fraction of sp³-hybridized carbons (Fsp3) is 0.333. The van der Waals surface area contributed by atoms with Crippen LogP contribution in [0.4, 0.5) is 0 Å². The van der Waals surface area contributed by atoms with Crippen molar-refractivity contribution in [3.05, 3.63) is 34.4 Å². The Labute approximate surface area is 115 Å². The lowest BCUT2D eigenvalue weighted by molar-refractivity contribution is 0.369. The summed E-state index contributed by atoms with van der Waals surface area (Å²) in [6.07, 6.45) is 0. The summed E-state index contributed by atoms with van der Waals surface area (Å²) >= 11 is 5.94. The number of aromatic nitrogens is 2. The fourth-order valence-corrected chi connectivity index (χ4v) is 1.87. The van der Waals surface area contributed by atoms with Gasteiger partial charge in [-0.05, 0) is 6.07 Å². The van der Waals surface area contributed by atoms with Crippen molar-refractivity contribution < 1.29 is 14.4 Å². The average Bonchev–Trinajstić information content (AvgIpc) is 2.79. The minimum Gasteiger partial charge on any atom is -0.504 e. The van der Waals surface area contributed by atoms with Gasteiger partial charge in [0.25, 0.3) is 0 Å². The maximum Gasteiger partial charge on any atom is 0.223 e. The molecule has 19 heavy (non-hydrogen) atoms. The number of methoxy groups -OCH3 is 1. The van der Waals surface area contributed by atoms with Crippen LogP contribution >= 0.6 is 11.6 Å². The molecule has 6 nitrogen and oxygen atoms in total. The number of aryl methyl sites for hydroxylation is 1. The molecule has 0 fully saturated rings. The van der Waals surface area contributed by atoms with Gasteiger partial charge in [0.1, 0.15) is 0 Å². The Balaban J connectivity index is 2.01. The van der Waals surface area contributed by atoms with Crippen LogP contribution in [-0.4, -0.2) is 22.4 Å². The van der Waals surface area contributed by atoms with Gasteiger partial charge in [-0.25, -0.2) is 0 Å². The molecule has 102 valence electrons. The molecular formula is C12H14ClN3O3. The summed E-state index contributed by atoms with van der Waals surface area (Å²) in [4.78, 5) is 4.06. The molecule has 0 unspecified atom stereocenters. The monoisotopic (exact) mass is 283 g/mol. The van der Waals surface area contributed by atoms with Gasteiger partial charge in [0, 0.05) is 30.1 Å². The van der Waals surface area contributed by atoms with Crippen molar-refractivity contribution in [3.63, 3.8) is 0 Å². The highest BCUT2D eigenvalue weighted by molar-refractivity contribution is 6.30. The topological polar surface area (TPSA) is 80.4 Å². The van der Waals surface area contributed by atoms with Crippen molar-refractivity contribution in [3.8, 4) is 11.5 Å². The van der Waals surface area contributed by atoms with Crippen LogP contribution in [0, 0.1) is 6.92 Å². The summed E-state index contributed by atoms with van der Waals surface area (Å²) in [5.41, 5.74) is 0.643. The van der Waals surface area contributed by atoms with Crippen LogP contribution in [0.1, 0.15) is 17.3 Å². The molecule has 0 aliphatic heterocycles. The lowest BCUT2D eigenvalue weighted by Crippen LogP contribution is -2.14. The second kappa shape index (κ2) is 5.90. The van der Waals surface area contributed by atoms with E-state index < -0.39 is 0 Å². The van der Waals surface area contributed by atoms with Gasteiger partial charge < -0.3 is 19.7 Å². The highest BCUT2D eigenvalue weighted by Crippen LogP contribution is 2.33. The molecule has 0 aliphatic rings. The normalized spacial score (nSPS) is 10.7. The van der Waals surface area contributed by atoms with Crippen molar-refractivity contribution in [1.82, 2.24) is 15.5 Å². The van der Waals surface area contributed by atoms with E-state index in [0.717, 1.165) is 0 Å². The van der Waals surface area contributed by atoms with E-state index in [1.165, 1.54) is 7.11 Å². The highest BCUT2D eigenvalue weighted by atomic mass is 35.5. The van der Waals surface area contributed by atoms with Crippen molar-refractivity contribution in [2.45, 2.75) is 20.0 Å². The third-order valence-corrected chi connectivity index (χ3v) is 2.72. The van der Waals surface area contributed by atoms with E-state index in [9.17, 15) is 5.11 Å². The smallest absolute Gasteiger partial charge is 0.223 e. The van der Waals surface area contributed by atoms with Crippen molar-refractivity contribution in [1.29, 1.82) is 0 Å². The summed E-state index contributed by atoms with van der Waals surface area (Å²) in [7, 11) is 1.48. The van der Waals surface area contributed by atoms with Crippen molar-refractivity contribution in [2.24, 2.45) is 0 Å². The number of rotatable bonds is 5. The number of aromatic hydroxyl groups is 1. The molecule has 2 rings (SSSR count). The van der Waals surface area contributed by atoms with E-state index in [1.807, 2.05) is 0 Å². The van der Waals surface area contributed by atoms with Gasteiger partial charge >= 0.3 is 0 Å². The zero-order valence-corrected chi connectivity index (χ0v) is 11.4. The molecule has 0 saturated heterocycles. The molecule has 2 N–H and O–H groups in total. The van der Waals surface area contributed by atoms with Crippen LogP contribution in [0.5, 0.6) is 11.5 Å². The zero-order valence-electron chi connectivity index (χ0n) is 10.6. The molecule has 0 spiro atoms. The van der Waals surface area contributed by atoms with Gasteiger partial charge in [0.05, 0.1) is 13.7 Å².